The summed E-state index contributed by atoms with van der Waals surface area (Å²) in [5.41, 5.74) is -3.09. The SMILES string of the molecule is CC(=O)OC1[C@H]2[C@@H](C)[C@@H](OC(C)=O)C[C@H](OC(C)=O)[C@]2(C)[C@H](OC(C)=O)CC/C(C)=C\[C@@H]2OC(=O)[C@]3(C)O[C@@]123. The van der Waals surface area contributed by atoms with Gasteiger partial charge in [-0.05, 0) is 32.8 Å². The third-order valence-corrected chi connectivity index (χ3v) is 9.04. The fourth-order valence-electron chi connectivity index (χ4n) is 7.27. The second kappa shape index (κ2) is 9.91. The van der Waals surface area contributed by atoms with Crippen molar-refractivity contribution >= 4 is 29.8 Å². The van der Waals surface area contributed by atoms with Crippen LogP contribution >= 0.6 is 0 Å². The summed E-state index contributed by atoms with van der Waals surface area (Å²) in [6.45, 7) is 12.3. The highest BCUT2D eigenvalue weighted by molar-refractivity contribution is 5.89. The maximum atomic E-state index is 13.1. The summed E-state index contributed by atoms with van der Waals surface area (Å²) in [5.74, 6) is -4.10. The maximum absolute atomic E-state index is 13.1. The van der Waals surface area contributed by atoms with E-state index in [1.807, 2.05) is 20.8 Å². The standard InChI is InChI=1S/C28H38O11/c1-13-9-10-20(35-16(4)30)26(7)21(36-17(5)31)12-19(34-15(3)29)14(2)23(26)24(37-18(6)32)28-22(11-13)38-25(33)27(28,8)39-28/h11,14,19-24H,9-10,12H2,1-8H3/b13-11-/t14-,19-,20+,21-,22-,23+,24?,26-,27-,28+/m0/s1. The molecule has 0 aromatic carbocycles. The van der Waals surface area contributed by atoms with E-state index in [-0.39, 0.29) is 6.42 Å². The van der Waals surface area contributed by atoms with E-state index in [9.17, 15) is 24.0 Å². The lowest BCUT2D eigenvalue weighted by Gasteiger charge is -2.57. The Balaban J connectivity index is 2.01. The Hall–Kier alpha value is -2.95. The van der Waals surface area contributed by atoms with Crippen molar-refractivity contribution in [3.8, 4) is 0 Å². The molecule has 11 nitrogen and oxygen atoms in total. The van der Waals surface area contributed by atoms with Crippen LogP contribution in [0.4, 0.5) is 0 Å². The summed E-state index contributed by atoms with van der Waals surface area (Å²) in [4.78, 5) is 62.6. The van der Waals surface area contributed by atoms with E-state index in [1.54, 1.807) is 13.0 Å². The number of allylic oxidation sites excluding steroid dienone is 1. The lowest BCUT2D eigenvalue weighted by molar-refractivity contribution is -0.235. The van der Waals surface area contributed by atoms with Gasteiger partial charge < -0.3 is 28.4 Å². The number of hydrogen-bond donors (Lipinski definition) is 0. The van der Waals surface area contributed by atoms with Crippen LogP contribution in [0.2, 0.25) is 0 Å². The molecule has 0 N–H and O–H groups in total. The van der Waals surface area contributed by atoms with Crippen molar-refractivity contribution in [3.05, 3.63) is 11.6 Å². The van der Waals surface area contributed by atoms with Crippen LogP contribution in [0.25, 0.3) is 0 Å². The second-order valence-electron chi connectivity index (χ2n) is 11.7. The lowest BCUT2D eigenvalue weighted by atomic mass is 9.53. The van der Waals surface area contributed by atoms with Crippen molar-refractivity contribution in [3.63, 3.8) is 0 Å². The van der Waals surface area contributed by atoms with Gasteiger partial charge in [0, 0.05) is 51.4 Å². The van der Waals surface area contributed by atoms with Gasteiger partial charge >= 0.3 is 29.8 Å². The van der Waals surface area contributed by atoms with E-state index in [4.69, 9.17) is 28.4 Å². The Morgan fingerprint density at radius 2 is 1.46 bits per heavy atom. The van der Waals surface area contributed by atoms with E-state index >= 15 is 0 Å². The zero-order valence-electron chi connectivity index (χ0n) is 23.7. The normalized spacial score (nSPS) is 44.2. The molecule has 3 fully saturated rings. The monoisotopic (exact) mass is 550 g/mol. The molecule has 1 unspecified atom stereocenters. The Bertz CT molecular complexity index is 1110. The van der Waals surface area contributed by atoms with E-state index in [0.717, 1.165) is 5.57 Å². The third kappa shape index (κ3) is 4.62. The fourth-order valence-corrected chi connectivity index (χ4v) is 7.27. The molecule has 2 aliphatic carbocycles. The first-order chi connectivity index (χ1) is 18.1. The van der Waals surface area contributed by atoms with Gasteiger partial charge in [0.25, 0.3) is 0 Å². The van der Waals surface area contributed by atoms with Crippen molar-refractivity contribution in [2.45, 2.75) is 116 Å². The summed E-state index contributed by atoms with van der Waals surface area (Å²) < 4.78 is 35.5. The van der Waals surface area contributed by atoms with Crippen LogP contribution in [0.1, 0.15) is 74.7 Å². The van der Waals surface area contributed by atoms with Gasteiger partial charge in [0.05, 0.1) is 0 Å². The first kappa shape index (κ1) is 29.0. The Kier molecular flexibility index (Phi) is 7.38. The second-order valence-corrected chi connectivity index (χ2v) is 11.7. The number of hydrogen-bond acceptors (Lipinski definition) is 11. The number of esters is 5. The van der Waals surface area contributed by atoms with Gasteiger partial charge in [-0.15, -0.1) is 0 Å². The van der Waals surface area contributed by atoms with Gasteiger partial charge in [-0.25, -0.2) is 4.79 Å². The van der Waals surface area contributed by atoms with Crippen LogP contribution in [0, 0.1) is 17.3 Å². The molecular formula is C28H38O11. The van der Waals surface area contributed by atoms with E-state index < -0.39 is 88.8 Å². The molecular weight excluding hydrogens is 512 g/mol. The molecule has 39 heavy (non-hydrogen) atoms. The van der Waals surface area contributed by atoms with Crippen molar-refractivity contribution < 1.29 is 52.4 Å². The van der Waals surface area contributed by atoms with Gasteiger partial charge in [-0.2, -0.15) is 0 Å². The lowest BCUT2D eigenvalue weighted by Crippen LogP contribution is -2.66. The summed E-state index contributed by atoms with van der Waals surface area (Å²) in [6.07, 6.45) is -1.64. The molecule has 2 saturated heterocycles. The molecule has 4 rings (SSSR count). The van der Waals surface area contributed by atoms with E-state index in [2.05, 4.69) is 0 Å². The Morgan fingerprint density at radius 1 is 0.897 bits per heavy atom. The molecule has 2 heterocycles. The predicted molar refractivity (Wildman–Crippen MR) is 133 cm³/mol. The molecule has 0 amide bonds. The van der Waals surface area contributed by atoms with Gasteiger partial charge in [-0.3, -0.25) is 19.2 Å². The molecule has 0 aromatic heterocycles. The third-order valence-electron chi connectivity index (χ3n) is 9.04. The van der Waals surface area contributed by atoms with Gasteiger partial charge in [0.1, 0.15) is 24.4 Å². The van der Waals surface area contributed by atoms with Crippen LogP contribution < -0.4 is 0 Å². The Labute approximate surface area is 227 Å². The summed E-state index contributed by atoms with van der Waals surface area (Å²) in [5, 5.41) is 0. The topological polar surface area (TPSA) is 144 Å². The summed E-state index contributed by atoms with van der Waals surface area (Å²) >= 11 is 0. The molecule has 4 aliphatic rings. The molecule has 216 valence electrons. The molecule has 1 spiro atoms. The minimum absolute atomic E-state index is 0.136. The molecule has 0 radical (unpaired) electrons. The average Bonchev–Trinajstić information content (AvgIpc) is 3.39. The largest absolute Gasteiger partial charge is 0.462 e. The molecule has 2 aliphatic heterocycles. The molecule has 0 bridgehead atoms. The van der Waals surface area contributed by atoms with Gasteiger partial charge in [0.2, 0.25) is 0 Å². The molecule has 10 atom stereocenters. The van der Waals surface area contributed by atoms with Crippen molar-refractivity contribution in [1.82, 2.24) is 0 Å². The zero-order chi connectivity index (χ0) is 29.1. The van der Waals surface area contributed by atoms with E-state index in [0.29, 0.717) is 12.8 Å². The van der Waals surface area contributed by atoms with Crippen molar-refractivity contribution in [1.29, 1.82) is 0 Å². The number of carbonyl (C=O) groups excluding carboxylic acids is 5. The molecule has 1 saturated carbocycles. The average molecular weight is 551 g/mol. The Morgan fingerprint density at radius 3 is 2.00 bits per heavy atom. The maximum Gasteiger partial charge on any atom is 0.342 e. The summed E-state index contributed by atoms with van der Waals surface area (Å²) in [6, 6.07) is 0. The number of fused-ring (bicyclic) bond motifs is 1. The van der Waals surface area contributed by atoms with Crippen LogP contribution in [-0.4, -0.2) is 71.6 Å². The van der Waals surface area contributed by atoms with Crippen molar-refractivity contribution in [2.24, 2.45) is 17.3 Å². The fraction of sp³-hybridized carbons (Fsp3) is 0.750. The van der Waals surface area contributed by atoms with Gasteiger partial charge in [0.15, 0.2) is 17.3 Å². The highest BCUT2D eigenvalue weighted by Gasteiger charge is 2.87. The van der Waals surface area contributed by atoms with Crippen molar-refractivity contribution in [2.75, 3.05) is 0 Å². The van der Waals surface area contributed by atoms with Crippen LogP contribution in [-0.2, 0) is 52.4 Å². The quantitative estimate of drug-likeness (QED) is 0.220. The molecule has 11 heteroatoms. The number of ether oxygens (including phenoxy) is 6. The minimum Gasteiger partial charge on any atom is -0.462 e. The highest BCUT2D eigenvalue weighted by Crippen LogP contribution is 2.66. The minimum atomic E-state index is -1.41. The van der Waals surface area contributed by atoms with E-state index in [1.165, 1.54) is 27.7 Å². The van der Waals surface area contributed by atoms with Crippen LogP contribution in [0.15, 0.2) is 11.6 Å². The predicted octanol–water partition coefficient (Wildman–Crippen LogP) is 2.57. The summed E-state index contributed by atoms with van der Waals surface area (Å²) in [7, 11) is 0. The molecule has 0 aromatic rings. The highest BCUT2D eigenvalue weighted by atomic mass is 16.7. The first-order valence-electron chi connectivity index (χ1n) is 13.3. The zero-order valence-corrected chi connectivity index (χ0v) is 23.7. The number of carbonyl (C=O) groups is 5. The smallest absolute Gasteiger partial charge is 0.342 e. The number of rotatable bonds is 4. The van der Waals surface area contributed by atoms with Crippen LogP contribution in [0.3, 0.4) is 0 Å². The first-order valence-corrected chi connectivity index (χ1v) is 13.3. The van der Waals surface area contributed by atoms with Gasteiger partial charge in [-0.1, -0.05) is 19.4 Å². The van der Waals surface area contributed by atoms with Crippen LogP contribution in [0.5, 0.6) is 0 Å². The number of epoxide rings is 1.